The van der Waals surface area contributed by atoms with Crippen LogP contribution in [0.15, 0.2) is 0 Å². The molecule has 106 valence electrons. The van der Waals surface area contributed by atoms with E-state index in [4.69, 9.17) is 5.11 Å². The van der Waals surface area contributed by atoms with Crippen LogP contribution in [0.2, 0.25) is 0 Å². The molecule has 1 aliphatic heterocycles. The smallest absolute Gasteiger partial charge is 0.441 e. The summed E-state index contributed by atoms with van der Waals surface area (Å²) in [5, 5.41) is 8.20. The topological polar surface area (TPSA) is 49.8 Å². The number of carboxylic acids is 1. The van der Waals surface area contributed by atoms with Crippen LogP contribution in [0, 0.1) is 0 Å². The van der Waals surface area contributed by atoms with Crippen molar-refractivity contribution in [1.82, 2.24) is 4.90 Å². The zero-order valence-corrected chi connectivity index (χ0v) is 8.81. The van der Waals surface area contributed by atoms with Gasteiger partial charge in [0.05, 0.1) is 13.2 Å². The second-order valence-electron chi connectivity index (χ2n) is 3.60. The third kappa shape index (κ3) is 2.14. The van der Waals surface area contributed by atoms with Crippen LogP contribution in [0.3, 0.4) is 0 Å². The van der Waals surface area contributed by atoms with Gasteiger partial charge in [0.15, 0.2) is 0 Å². The minimum atomic E-state index is -6.24. The van der Waals surface area contributed by atoms with Gasteiger partial charge in [-0.25, -0.2) is 14.1 Å². The Bertz CT molecular complexity index is 327. The van der Waals surface area contributed by atoms with Crippen molar-refractivity contribution in [3.05, 3.63) is 0 Å². The van der Waals surface area contributed by atoms with E-state index in [1.54, 1.807) is 0 Å². The van der Waals surface area contributed by atoms with Crippen LogP contribution in [0.25, 0.3) is 0 Å². The molecule has 0 aromatic carbocycles. The molecule has 1 atom stereocenters. The first-order chi connectivity index (χ1) is 8.05. The number of carboxylic acid groups (broad SMARTS) is 1. The van der Waals surface area contributed by atoms with Crippen molar-refractivity contribution in [2.24, 2.45) is 0 Å². The number of carbonyl (C=O) groups is 1. The Balaban J connectivity index is 3.15. The molecule has 0 amide bonds. The summed E-state index contributed by atoms with van der Waals surface area (Å²) in [5.41, 5.74) is -5.66. The van der Waals surface area contributed by atoms with Crippen molar-refractivity contribution in [1.29, 1.82) is 0 Å². The van der Waals surface area contributed by atoms with E-state index in [1.807, 2.05) is 0 Å². The molecule has 1 fully saturated rings. The maximum Gasteiger partial charge on any atom is 0.441 e. The van der Waals surface area contributed by atoms with Crippen LogP contribution in [0.5, 0.6) is 0 Å². The Labute approximate surface area is 97.1 Å². The standard InChI is InChI=1S/C8H9F6NO3/c9-6(5(16)17,7(10,11)12)8(13,14)15-1-3-18-4-2-15/h1-4H2,(H,16,17)/t6-/m0/s1. The van der Waals surface area contributed by atoms with Gasteiger partial charge in [0, 0.05) is 13.1 Å². The van der Waals surface area contributed by atoms with Crippen molar-refractivity contribution in [2.45, 2.75) is 17.9 Å². The van der Waals surface area contributed by atoms with Gasteiger partial charge in [-0.05, 0) is 0 Å². The van der Waals surface area contributed by atoms with E-state index in [1.165, 1.54) is 0 Å². The fourth-order valence-corrected chi connectivity index (χ4v) is 1.48. The predicted molar refractivity (Wildman–Crippen MR) is 44.9 cm³/mol. The largest absolute Gasteiger partial charge is 0.478 e. The van der Waals surface area contributed by atoms with Gasteiger partial charge in [-0.1, -0.05) is 0 Å². The maximum absolute atomic E-state index is 13.5. The molecule has 0 bridgehead atoms. The minimum absolute atomic E-state index is 0.182. The van der Waals surface area contributed by atoms with Gasteiger partial charge in [0.2, 0.25) is 0 Å². The molecule has 4 nitrogen and oxygen atoms in total. The van der Waals surface area contributed by atoms with Gasteiger partial charge in [0.25, 0.3) is 0 Å². The van der Waals surface area contributed by atoms with Gasteiger partial charge in [-0.2, -0.15) is 22.0 Å². The molecule has 1 saturated heterocycles. The average Bonchev–Trinajstić information content (AvgIpc) is 2.27. The molecule has 0 aliphatic carbocycles. The van der Waals surface area contributed by atoms with E-state index in [0.717, 1.165) is 0 Å². The molecule has 1 heterocycles. The molecule has 0 radical (unpaired) electrons. The minimum Gasteiger partial charge on any atom is -0.478 e. The molecule has 0 aromatic heterocycles. The van der Waals surface area contributed by atoms with Crippen molar-refractivity contribution in [3.63, 3.8) is 0 Å². The SMILES string of the molecule is O=C(O)[C@](F)(C(F)(F)F)C(F)(F)N1CCOCC1. The van der Waals surface area contributed by atoms with Gasteiger partial charge in [-0.15, -0.1) is 0 Å². The van der Waals surface area contributed by atoms with Gasteiger partial charge < -0.3 is 9.84 Å². The van der Waals surface area contributed by atoms with E-state index in [-0.39, 0.29) is 18.1 Å². The number of alkyl halides is 6. The van der Waals surface area contributed by atoms with Gasteiger partial charge in [-0.3, -0.25) is 0 Å². The number of aliphatic carboxylic acids is 1. The highest BCUT2D eigenvalue weighted by atomic mass is 19.4. The molecule has 1 aliphatic rings. The molecule has 0 unspecified atom stereocenters. The van der Waals surface area contributed by atoms with Crippen LogP contribution in [0.1, 0.15) is 0 Å². The van der Waals surface area contributed by atoms with Crippen LogP contribution in [0.4, 0.5) is 26.3 Å². The summed E-state index contributed by atoms with van der Waals surface area (Å²) in [6.45, 7) is -2.05. The van der Waals surface area contributed by atoms with E-state index in [2.05, 4.69) is 4.74 Å². The zero-order chi connectivity index (χ0) is 14.2. The fourth-order valence-electron chi connectivity index (χ4n) is 1.48. The first-order valence-electron chi connectivity index (χ1n) is 4.75. The Morgan fingerprint density at radius 1 is 1.06 bits per heavy atom. The van der Waals surface area contributed by atoms with Crippen LogP contribution in [-0.4, -0.2) is 60.2 Å². The molecule has 10 heteroatoms. The van der Waals surface area contributed by atoms with Crippen molar-refractivity contribution >= 4 is 5.97 Å². The lowest BCUT2D eigenvalue weighted by atomic mass is 10.0. The number of hydrogen-bond acceptors (Lipinski definition) is 3. The number of hydrogen-bond donors (Lipinski definition) is 1. The summed E-state index contributed by atoms with van der Waals surface area (Å²) in [5.74, 6) is -3.27. The quantitative estimate of drug-likeness (QED) is 0.625. The zero-order valence-electron chi connectivity index (χ0n) is 8.81. The molecular formula is C8H9F6NO3. The summed E-state index contributed by atoms with van der Waals surface area (Å²) >= 11 is 0. The highest BCUT2D eigenvalue weighted by molar-refractivity contribution is 5.80. The second kappa shape index (κ2) is 4.57. The van der Waals surface area contributed by atoms with Gasteiger partial charge in [0.1, 0.15) is 0 Å². The lowest BCUT2D eigenvalue weighted by Crippen LogP contribution is -2.68. The number of rotatable bonds is 3. The predicted octanol–water partition coefficient (Wildman–Crippen LogP) is 1.27. The van der Waals surface area contributed by atoms with Crippen molar-refractivity contribution in [2.75, 3.05) is 26.3 Å². The highest BCUT2D eigenvalue weighted by Gasteiger charge is 2.78. The lowest BCUT2D eigenvalue weighted by Gasteiger charge is -2.40. The summed E-state index contributed by atoms with van der Waals surface area (Å²) in [4.78, 5) is 10.1. The van der Waals surface area contributed by atoms with Gasteiger partial charge >= 0.3 is 23.9 Å². The fraction of sp³-hybridized carbons (Fsp3) is 0.875. The number of ether oxygens (including phenoxy) is 1. The lowest BCUT2D eigenvalue weighted by molar-refractivity contribution is -0.336. The van der Waals surface area contributed by atoms with Crippen LogP contribution in [-0.2, 0) is 9.53 Å². The molecule has 0 spiro atoms. The number of morpholine rings is 1. The van der Waals surface area contributed by atoms with Crippen molar-refractivity contribution < 1.29 is 41.0 Å². The molecule has 18 heavy (non-hydrogen) atoms. The molecule has 1 N–H and O–H groups in total. The first kappa shape index (κ1) is 15.0. The van der Waals surface area contributed by atoms with E-state index < -0.39 is 37.0 Å². The summed E-state index contributed by atoms with van der Waals surface area (Å²) < 4.78 is 82.0. The first-order valence-corrected chi connectivity index (χ1v) is 4.75. The highest BCUT2D eigenvalue weighted by Crippen LogP contribution is 2.47. The molecule has 1 rings (SSSR count). The van der Waals surface area contributed by atoms with E-state index in [9.17, 15) is 31.1 Å². The maximum atomic E-state index is 13.5. The Hall–Kier alpha value is -1.03. The van der Waals surface area contributed by atoms with E-state index in [0.29, 0.717) is 0 Å². The second-order valence-corrected chi connectivity index (χ2v) is 3.60. The van der Waals surface area contributed by atoms with Crippen LogP contribution < -0.4 is 0 Å². The molecule has 0 aromatic rings. The third-order valence-electron chi connectivity index (χ3n) is 2.51. The van der Waals surface area contributed by atoms with E-state index >= 15 is 0 Å². The average molecular weight is 281 g/mol. The number of halogens is 6. The molecular weight excluding hydrogens is 272 g/mol. The number of nitrogens with zero attached hydrogens (tertiary/aromatic N) is 1. The monoisotopic (exact) mass is 281 g/mol. The van der Waals surface area contributed by atoms with Crippen molar-refractivity contribution in [3.8, 4) is 0 Å². The van der Waals surface area contributed by atoms with Crippen LogP contribution >= 0.6 is 0 Å². The summed E-state index contributed by atoms with van der Waals surface area (Å²) in [7, 11) is 0. The summed E-state index contributed by atoms with van der Waals surface area (Å²) in [6.07, 6.45) is -6.24. The Morgan fingerprint density at radius 2 is 1.50 bits per heavy atom. The normalized spacial score (nSPS) is 22.6. The summed E-state index contributed by atoms with van der Waals surface area (Å²) in [6, 6.07) is -5.21. The molecule has 0 saturated carbocycles. The third-order valence-corrected chi connectivity index (χ3v) is 2.51. The Morgan fingerprint density at radius 3 is 1.83 bits per heavy atom. The Kier molecular flexibility index (Phi) is 3.82.